The van der Waals surface area contributed by atoms with Gasteiger partial charge < -0.3 is 9.84 Å². The Bertz CT molecular complexity index is 1090. The van der Waals surface area contributed by atoms with Gasteiger partial charge in [-0.15, -0.1) is 0 Å². The van der Waals surface area contributed by atoms with Crippen molar-refractivity contribution in [3.63, 3.8) is 0 Å². The van der Waals surface area contributed by atoms with Crippen LogP contribution in [-0.4, -0.2) is 18.0 Å². The van der Waals surface area contributed by atoms with E-state index in [9.17, 15) is 9.90 Å². The molecule has 1 aliphatic carbocycles. The third-order valence-electron chi connectivity index (χ3n) is 4.91. The monoisotopic (exact) mass is 356 g/mol. The molecule has 0 aliphatic heterocycles. The quantitative estimate of drug-likeness (QED) is 0.641. The van der Waals surface area contributed by atoms with Crippen molar-refractivity contribution < 1.29 is 14.6 Å². The van der Waals surface area contributed by atoms with Crippen molar-refractivity contribution in [2.75, 3.05) is 7.11 Å². The number of allylic oxidation sites excluding steroid dienone is 2. The van der Waals surface area contributed by atoms with Crippen LogP contribution in [0.15, 0.2) is 71.8 Å². The molecule has 3 aromatic rings. The van der Waals surface area contributed by atoms with E-state index in [1.165, 1.54) is 17.9 Å². The number of hydrogen-bond acceptors (Lipinski definition) is 3. The van der Waals surface area contributed by atoms with E-state index in [2.05, 4.69) is 30.3 Å². The number of fused-ring (bicyclic) bond motifs is 1. The van der Waals surface area contributed by atoms with Gasteiger partial charge in [0.1, 0.15) is 0 Å². The van der Waals surface area contributed by atoms with Crippen LogP contribution in [0.4, 0.5) is 0 Å². The number of hydrogen-bond donors (Lipinski definition) is 1. The number of aromatic hydroxyl groups is 1. The molecule has 3 heteroatoms. The maximum absolute atomic E-state index is 12.8. The zero-order valence-corrected chi connectivity index (χ0v) is 15.1. The standard InChI is InChI=1S/C24H20O3/c1-27-23-15-17(7-11-22(23)25)14-21-10-9-20(24(21)26)13-16-6-8-18-4-2-3-5-19(18)12-16/h2-8,11-15,25H,9-10H2,1H3/b20-13+,21-14+. The van der Waals surface area contributed by atoms with Gasteiger partial charge in [-0.05, 0) is 65.1 Å². The van der Waals surface area contributed by atoms with Crippen LogP contribution in [0, 0.1) is 0 Å². The Morgan fingerprint density at radius 3 is 2.19 bits per heavy atom. The molecule has 27 heavy (non-hydrogen) atoms. The number of phenols is 1. The minimum absolute atomic E-state index is 0.0919. The Balaban J connectivity index is 1.61. The predicted molar refractivity (Wildman–Crippen MR) is 109 cm³/mol. The number of methoxy groups -OCH3 is 1. The summed E-state index contributed by atoms with van der Waals surface area (Å²) in [5, 5.41) is 12.1. The number of benzene rings is 3. The van der Waals surface area contributed by atoms with Crippen LogP contribution in [0.3, 0.4) is 0 Å². The minimum Gasteiger partial charge on any atom is -0.504 e. The molecular weight excluding hydrogens is 336 g/mol. The van der Waals surface area contributed by atoms with E-state index in [1.807, 2.05) is 24.3 Å². The van der Waals surface area contributed by atoms with Gasteiger partial charge >= 0.3 is 0 Å². The summed E-state index contributed by atoms with van der Waals surface area (Å²) < 4.78 is 5.14. The van der Waals surface area contributed by atoms with Crippen molar-refractivity contribution in [2.24, 2.45) is 0 Å². The summed E-state index contributed by atoms with van der Waals surface area (Å²) in [7, 11) is 1.51. The number of rotatable bonds is 3. The first-order valence-electron chi connectivity index (χ1n) is 8.96. The van der Waals surface area contributed by atoms with Gasteiger partial charge in [0.25, 0.3) is 0 Å². The molecule has 1 saturated carbocycles. The molecule has 0 atom stereocenters. The van der Waals surface area contributed by atoms with Crippen LogP contribution < -0.4 is 4.74 Å². The van der Waals surface area contributed by atoms with Crippen LogP contribution in [0.2, 0.25) is 0 Å². The molecule has 0 radical (unpaired) electrons. The van der Waals surface area contributed by atoms with Crippen molar-refractivity contribution in [2.45, 2.75) is 12.8 Å². The minimum atomic E-state index is 0.0919. The number of carbonyl (C=O) groups excluding carboxylic acids is 1. The highest BCUT2D eigenvalue weighted by atomic mass is 16.5. The summed E-state index contributed by atoms with van der Waals surface area (Å²) in [5.74, 6) is 0.589. The highest BCUT2D eigenvalue weighted by Crippen LogP contribution is 2.32. The van der Waals surface area contributed by atoms with Crippen molar-refractivity contribution in [3.05, 3.63) is 82.9 Å². The summed E-state index contributed by atoms with van der Waals surface area (Å²) in [6, 6.07) is 19.6. The van der Waals surface area contributed by atoms with Gasteiger partial charge in [0.05, 0.1) is 7.11 Å². The van der Waals surface area contributed by atoms with E-state index >= 15 is 0 Å². The zero-order chi connectivity index (χ0) is 18.8. The molecule has 4 rings (SSSR count). The van der Waals surface area contributed by atoms with Gasteiger partial charge in [-0.3, -0.25) is 4.79 Å². The molecule has 0 saturated heterocycles. The Hall–Kier alpha value is -3.33. The fraction of sp³-hybridized carbons (Fsp3) is 0.125. The average molecular weight is 356 g/mol. The Morgan fingerprint density at radius 2 is 1.48 bits per heavy atom. The SMILES string of the molecule is COc1cc(/C=C2\CC/C(=C\c3ccc4ccccc4c3)C2=O)ccc1O. The lowest BCUT2D eigenvalue weighted by Crippen LogP contribution is -1.95. The first-order valence-corrected chi connectivity index (χ1v) is 8.96. The average Bonchev–Trinajstić information content (AvgIpc) is 3.03. The van der Waals surface area contributed by atoms with Gasteiger partial charge in [-0.25, -0.2) is 0 Å². The molecule has 0 amide bonds. The van der Waals surface area contributed by atoms with E-state index in [0.717, 1.165) is 35.1 Å². The molecule has 0 unspecified atom stereocenters. The van der Waals surface area contributed by atoms with Crippen LogP contribution in [0.1, 0.15) is 24.0 Å². The maximum atomic E-state index is 12.8. The molecule has 134 valence electrons. The lowest BCUT2D eigenvalue weighted by molar-refractivity contribution is -0.111. The summed E-state index contributed by atoms with van der Waals surface area (Å²) in [5.41, 5.74) is 3.52. The van der Waals surface area contributed by atoms with Crippen molar-refractivity contribution in [1.82, 2.24) is 0 Å². The van der Waals surface area contributed by atoms with Crippen LogP contribution in [0.25, 0.3) is 22.9 Å². The molecule has 1 N–H and O–H groups in total. The van der Waals surface area contributed by atoms with Crippen molar-refractivity contribution in [3.8, 4) is 11.5 Å². The summed E-state index contributed by atoms with van der Waals surface area (Å²) in [6.45, 7) is 0. The van der Waals surface area contributed by atoms with Gasteiger partial charge in [0.2, 0.25) is 0 Å². The van der Waals surface area contributed by atoms with E-state index in [0.29, 0.717) is 5.75 Å². The molecule has 0 heterocycles. The number of phenolic OH excluding ortho intramolecular Hbond substituents is 1. The summed E-state index contributed by atoms with van der Waals surface area (Å²) in [4.78, 5) is 12.8. The van der Waals surface area contributed by atoms with E-state index in [4.69, 9.17) is 4.74 Å². The maximum Gasteiger partial charge on any atom is 0.185 e. The van der Waals surface area contributed by atoms with Gasteiger partial charge in [-0.2, -0.15) is 0 Å². The number of ether oxygens (including phenoxy) is 1. The van der Waals surface area contributed by atoms with Crippen molar-refractivity contribution in [1.29, 1.82) is 0 Å². The van der Waals surface area contributed by atoms with Crippen LogP contribution >= 0.6 is 0 Å². The lowest BCUT2D eigenvalue weighted by Gasteiger charge is -2.04. The fourth-order valence-corrected chi connectivity index (χ4v) is 3.46. The number of ketones is 1. The first kappa shape index (κ1) is 17.1. The Kier molecular flexibility index (Phi) is 4.51. The third-order valence-corrected chi connectivity index (χ3v) is 4.91. The van der Waals surface area contributed by atoms with Gasteiger partial charge in [-0.1, -0.05) is 42.5 Å². The molecule has 0 bridgehead atoms. The first-order chi connectivity index (χ1) is 13.1. The highest BCUT2D eigenvalue weighted by Gasteiger charge is 2.23. The second-order valence-corrected chi connectivity index (χ2v) is 6.71. The van der Waals surface area contributed by atoms with E-state index in [1.54, 1.807) is 18.2 Å². The van der Waals surface area contributed by atoms with E-state index in [-0.39, 0.29) is 11.5 Å². The molecule has 3 nitrogen and oxygen atoms in total. The normalized spacial score (nSPS) is 17.1. The molecule has 0 aromatic heterocycles. The topological polar surface area (TPSA) is 46.5 Å². The number of Topliss-reactive ketones (excluding diaryl/α,β-unsaturated/α-hetero) is 1. The van der Waals surface area contributed by atoms with Crippen LogP contribution in [-0.2, 0) is 4.79 Å². The predicted octanol–water partition coefficient (Wildman–Crippen LogP) is 5.38. The van der Waals surface area contributed by atoms with Crippen molar-refractivity contribution >= 4 is 28.7 Å². The largest absolute Gasteiger partial charge is 0.504 e. The second kappa shape index (κ2) is 7.12. The van der Waals surface area contributed by atoms with Gasteiger partial charge in [0.15, 0.2) is 17.3 Å². The molecule has 0 spiro atoms. The smallest absolute Gasteiger partial charge is 0.185 e. The number of carbonyl (C=O) groups is 1. The third kappa shape index (κ3) is 3.49. The molecule has 1 aliphatic rings. The highest BCUT2D eigenvalue weighted by molar-refractivity contribution is 6.15. The Morgan fingerprint density at radius 1 is 0.852 bits per heavy atom. The molecule has 1 fully saturated rings. The molecular formula is C24H20O3. The fourth-order valence-electron chi connectivity index (χ4n) is 3.46. The van der Waals surface area contributed by atoms with E-state index < -0.39 is 0 Å². The molecule has 3 aromatic carbocycles. The second-order valence-electron chi connectivity index (χ2n) is 6.71. The van der Waals surface area contributed by atoms with Gasteiger partial charge in [0, 0.05) is 11.1 Å². The summed E-state index contributed by atoms with van der Waals surface area (Å²) >= 11 is 0. The zero-order valence-electron chi connectivity index (χ0n) is 15.1. The lowest BCUT2D eigenvalue weighted by atomic mass is 10.0. The summed E-state index contributed by atoms with van der Waals surface area (Å²) in [6.07, 6.45) is 5.34. The van der Waals surface area contributed by atoms with Crippen LogP contribution in [0.5, 0.6) is 11.5 Å². The Labute approximate surface area is 158 Å².